The summed E-state index contributed by atoms with van der Waals surface area (Å²) in [6.07, 6.45) is 5.89. The van der Waals surface area contributed by atoms with E-state index in [-0.39, 0.29) is 5.91 Å². The van der Waals surface area contributed by atoms with Crippen LogP contribution in [-0.4, -0.2) is 17.9 Å². The third-order valence-corrected chi connectivity index (χ3v) is 4.76. The molecule has 0 radical (unpaired) electrons. The van der Waals surface area contributed by atoms with Crippen LogP contribution in [0.2, 0.25) is 0 Å². The number of rotatable bonds is 5. The van der Waals surface area contributed by atoms with Gasteiger partial charge in [0, 0.05) is 31.5 Å². The summed E-state index contributed by atoms with van der Waals surface area (Å²) in [7, 11) is 1.63. The van der Waals surface area contributed by atoms with E-state index in [1.165, 1.54) is 11.3 Å². The summed E-state index contributed by atoms with van der Waals surface area (Å²) in [5, 5.41) is 7.07. The molecule has 21 heavy (non-hydrogen) atoms. The number of aromatic nitrogens is 1. The van der Waals surface area contributed by atoms with Gasteiger partial charge < -0.3 is 16.4 Å². The fourth-order valence-corrected chi connectivity index (χ4v) is 3.48. The Labute approximate surface area is 127 Å². The van der Waals surface area contributed by atoms with Crippen molar-refractivity contribution < 1.29 is 4.79 Å². The molecule has 5 nitrogen and oxygen atoms in total. The largest absolute Gasteiger partial charge is 0.397 e. The van der Waals surface area contributed by atoms with Gasteiger partial charge in [-0.2, -0.15) is 0 Å². The number of hydrogen-bond donors (Lipinski definition) is 3. The molecule has 2 heterocycles. The van der Waals surface area contributed by atoms with E-state index in [0.29, 0.717) is 23.0 Å². The molecule has 0 bridgehead atoms. The summed E-state index contributed by atoms with van der Waals surface area (Å²) in [5.41, 5.74) is 9.04. The summed E-state index contributed by atoms with van der Waals surface area (Å²) < 4.78 is 0. The van der Waals surface area contributed by atoms with Crippen molar-refractivity contribution in [3.05, 3.63) is 40.5 Å². The van der Waals surface area contributed by atoms with Crippen LogP contribution in [0.4, 0.5) is 10.7 Å². The van der Waals surface area contributed by atoms with Gasteiger partial charge in [-0.15, -0.1) is 11.3 Å². The zero-order valence-corrected chi connectivity index (χ0v) is 12.7. The number of nitrogens with one attached hydrogen (secondary N) is 2. The molecule has 0 atom stereocenters. The van der Waals surface area contributed by atoms with Crippen LogP contribution in [0.1, 0.15) is 39.6 Å². The standard InChI is InChI=1S/C15H18N4OS/c1-17-14(20)13-12(16)11(10-4-5-10)15(21-13)19-8-9-3-2-6-18-7-9/h2-3,6-7,10,19H,4-5,8,16H2,1H3,(H,17,20). The molecule has 1 fully saturated rings. The van der Waals surface area contributed by atoms with Crippen LogP contribution in [0.5, 0.6) is 0 Å². The van der Waals surface area contributed by atoms with Crippen LogP contribution >= 0.6 is 11.3 Å². The van der Waals surface area contributed by atoms with Gasteiger partial charge in [0.2, 0.25) is 0 Å². The van der Waals surface area contributed by atoms with Crippen LogP contribution in [0.25, 0.3) is 0 Å². The number of hydrogen-bond acceptors (Lipinski definition) is 5. The van der Waals surface area contributed by atoms with E-state index < -0.39 is 0 Å². The Balaban J connectivity index is 1.85. The van der Waals surface area contributed by atoms with Crippen molar-refractivity contribution in [1.29, 1.82) is 0 Å². The predicted octanol–water partition coefficient (Wildman–Crippen LogP) is 2.57. The first-order valence-corrected chi connectivity index (χ1v) is 7.79. The molecule has 1 amide bonds. The Morgan fingerprint density at radius 1 is 1.52 bits per heavy atom. The molecular weight excluding hydrogens is 284 g/mol. The van der Waals surface area contributed by atoms with Crippen molar-refractivity contribution in [2.75, 3.05) is 18.1 Å². The maximum Gasteiger partial charge on any atom is 0.263 e. The first-order chi connectivity index (χ1) is 10.2. The highest BCUT2D eigenvalue weighted by atomic mass is 32.1. The lowest BCUT2D eigenvalue weighted by molar-refractivity contribution is 0.0968. The molecule has 2 aromatic rings. The number of thiophene rings is 1. The smallest absolute Gasteiger partial charge is 0.263 e. The van der Waals surface area contributed by atoms with Gasteiger partial charge in [0.1, 0.15) is 4.88 Å². The summed E-state index contributed by atoms with van der Waals surface area (Å²) in [6, 6.07) is 3.94. The van der Waals surface area contributed by atoms with Gasteiger partial charge in [0.15, 0.2) is 0 Å². The number of pyridine rings is 1. The van der Waals surface area contributed by atoms with E-state index in [0.717, 1.165) is 29.0 Å². The fraction of sp³-hybridized carbons (Fsp3) is 0.333. The van der Waals surface area contributed by atoms with E-state index in [1.54, 1.807) is 13.2 Å². The Morgan fingerprint density at radius 3 is 2.95 bits per heavy atom. The lowest BCUT2D eigenvalue weighted by Gasteiger charge is -2.07. The molecule has 0 spiro atoms. The predicted molar refractivity (Wildman–Crippen MR) is 85.7 cm³/mol. The minimum Gasteiger partial charge on any atom is -0.397 e. The number of anilines is 2. The normalized spacial score (nSPS) is 14.0. The minimum absolute atomic E-state index is 0.117. The van der Waals surface area contributed by atoms with Crippen molar-refractivity contribution in [2.45, 2.75) is 25.3 Å². The van der Waals surface area contributed by atoms with Crippen LogP contribution in [0, 0.1) is 0 Å². The van der Waals surface area contributed by atoms with Gasteiger partial charge in [-0.05, 0) is 30.4 Å². The van der Waals surface area contributed by atoms with Crippen LogP contribution in [-0.2, 0) is 6.54 Å². The Hall–Kier alpha value is -2.08. The van der Waals surface area contributed by atoms with E-state index in [9.17, 15) is 4.79 Å². The van der Waals surface area contributed by atoms with Crippen molar-refractivity contribution in [2.24, 2.45) is 0 Å². The molecule has 6 heteroatoms. The third-order valence-electron chi connectivity index (χ3n) is 3.58. The first kappa shape index (κ1) is 13.9. The van der Waals surface area contributed by atoms with Crippen molar-refractivity contribution in [1.82, 2.24) is 10.3 Å². The zero-order chi connectivity index (χ0) is 14.8. The van der Waals surface area contributed by atoms with E-state index in [2.05, 4.69) is 15.6 Å². The molecule has 0 unspecified atom stereocenters. The van der Waals surface area contributed by atoms with Crippen LogP contribution in [0.3, 0.4) is 0 Å². The summed E-state index contributed by atoms with van der Waals surface area (Å²) in [5.74, 6) is 0.380. The monoisotopic (exact) mass is 302 g/mol. The summed E-state index contributed by atoms with van der Waals surface area (Å²) in [6.45, 7) is 0.681. The molecule has 2 aromatic heterocycles. The average molecular weight is 302 g/mol. The summed E-state index contributed by atoms with van der Waals surface area (Å²) >= 11 is 1.44. The lowest BCUT2D eigenvalue weighted by atomic mass is 10.1. The van der Waals surface area contributed by atoms with E-state index >= 15 is 0 Å². The number of nitrogens with two attached hydrogens (primary N) is 1. The summed E-state index contributed by atoms with van der Waals surface area (Å²) in [4.78, 5) is 16.6. The maximum absolute atomic E-state index is 11.9. The number of nitrogen functional groups attached to an aromatic ring is 1. The Bertz CT molecular complexity index is 649. The topological polar surface area (TPSA) is 80.0 Å². The number of carbonyl (C=O) groups excluding carboxylic acids is 1. The molecule has 0 aromatic carbocycles. The van der Waals surface area contributed by atoms with Gasteiger partial charge >= 0.3 is 0 Å². The molecular formula is C15H18N4OS. The second kappa shape index (κ2) is 5.73. The van der Waals surface area contributed by atoms with Crippen molar-refractivity contribution >= 4 is 27.9 Å². The van der Waals surface area contributed by atoms with Gasteiger partial charge in [0.05, 0.1) is 10.7 Å². The number of nitrogens with zero attached hydrogens (tertiary/aromatic N) is 1. The fourth-order valence-electron chi connectivity index (χ4n) is 2.33. The van der Waals surface area contributed by atoms with E-state index in [1.807, 2.05) is 18.3 Å². The molecule has 4 N–H and O–H groups in total. The van der Waals surface area contributed by atoms with Crippen LogP contribution in [0.15, 0.2) is 24.5 Å². The van der Waals surface area contributed by atoms with E-state index in [4.69, 9.17) is 5.73 Å². The SMILES string of the molecule is CNC(=O)c1sc(NCc2cccnc2)c(C2CC2)c1N. The van der Waals surface area contributed by atoms with Gasteiger partial charge in [-0.1, -0.05) is 6.07 Å². The number of amides is 1. The quantitative estimate of drug-likeness (QED) is 0.793. The van der Waals surface area contributed by atoms with Crippen molar-refractivity contribution in [3.63, 3.8) is 0 Å². The van der Waals surface area contributed by atoms with Gasteiger partial charge in [-0.3, -0.25) is 9.78 Å². The Kier molecular flexibility index (Phi) is 3.79. The van der Waals surface area contributed by atoms with Crippen molar-refractivity contribution in [3.8, 4) is 0 Å². The molecule has 1 aliphatic carbocycles. The number of carbonyl (C=O) groups is 1. The van der Waals surface area contributed by atoms with Gasteiger partial charge in [-0.25, -0.2) is 0 Å². The third kappa shape index (κ3) is 2.85. The highest BCUT2D eigenvalue weighted by Gasteiger charge is 2.32. The molecule has 0 aliphatic heterocycles. The second-order valence-electron chi connectivity index (χ2n) is 5.16. The first-order valence-electron chi connectivity index (χ1n) is 6.97. The second-order valence-corrected chi connectivity index (χ2v) is 6.18. The molecule has 3 rings (SSSR count). The van der Waals surface area contributed by atoms with Crippen LogP contribution < -0.4 is 16.4 Å². The molecule has 110 valence electrons. The Morgan fingerprint density at radius 2 is 2.33 bits per heavy atom. The van der Waals surface area contributed by atoms with Gasteiger partial charge in [0.25, 0.3) is 5.91 Å². The molecule has 1 saturated carbocycles. The lowest BCUT2D eigenvalue weighted by Crippen LogP contribution is -2.17. The zero-order valence-electron chi connectivity index (χ0n) is 11.8. The minimum atomic E-state index is -0.117. The molecule has 1 aliphatic rings. The average Bonchev–Trinajstić information content (AvgIpc) is 3.29. The highest BCUT2D eigenvalue weighted by Crippen LogP contribution is 2.50. The highest BCUT2D eigenvalue weighted by molar-refractivity contribution is 7.18. The molecule has 0 saturated heterocycles. The maximum atomic E-state index is 11.9.